The van der Waals surface area contributed by atoms with E-state index in [9.17, 15) is 9.59 Å². The van der Waals surface area contributed by atoms with Crippen molar-refractivity contribution in [3.8, 4) is 0 Å². The number of hydrogen-bond donors (Lipinski definition) is 1. The molecule has 0 spiro atoms. The summed E-state index contributed by atoms with van der Waals surface area (Å²) in [6.45, 7) is 5.49. The zero-order chi connectivity index (χ0) is 17.1. The summed E-state index contributed by atoms with van der Waals surface area (Å²) in [4.78, 5) is 30.8. The van der Waals surface area contributed by atoms with Crippen LogP contribution in [0.15, 0.2) is 36.5 Å². The highest BCUT2D eigenvalue weighted by Crippen LogP contribution is 2.18. The van der Waals surface area contributed by atoms with Crippen LogP contribution in [0.1, 0.15) is 44.8 Å². The Labute approximate surface area is 141 Å². The van der Waals surface area contributed by atoms with Gasteiger partial charge in [-0.15, -0.1) is 0 Å². The van der Waals surface area contributed by atoms with Gasteiger partial charge in [-0.3, -0.25) is 14.6 Å². The van der Waals surface area contributed by atoms with Gasteiger partial charge < -0.3 is 10.2 Å². The van der Waals surface area contributed by atoms with Crippen LogP contribution >= 0.6 is 0 Å². The van der Waals surface area contributed by atoms with E-state index in [2.05, 4.69) is 10.3 Å². The molecule has 1 fully saturated rings. The summed E-state index contributed by atoms with van der Waals surface area (Å²) in [5.41, 5.74) is 3.69. The van der Waals surface area contributed by atoms with Crippen molar-refractivity contribution < 1.29 is 9.59 Å². The molecule has 5 heteroatoms. The lowest BCUT2D eigenvalue weighted by Crippen LogP contribution is -2.28. The Morgan fingerprint density at radius 1 is 1.08 bits per heavy atom. The van der Waals surface area contributed by atoms with Crippen molar-refractivity contribution in [1.29, 1.82) is 0 Å². The lowest BCUT2D eigenvalue weighted by molar-refractivity contribution is 0.0787. The summed E-state index contributed by atoms with van der Waals surface area (Å²) < 4.78 is 0. The highest BCUT2D eigenvalue weighted by Gasteiger charge is 2.21. The van der Waals surface area contributed by atoms with Gasteiger partial charge >= 0.3 is 0 Å². The van der Waals surface area contributed by atoms with Gasteiger partial charge in [0.05, 0.1) is 0 Å². The Morgan fingerprint density at radius 3 is 2.54 bits per heavy atom. The van der Waals surface area contributed by atoms with Gasteiger partial charge in [-0.1, -0.05) is 17.7 Å². The van der Waals surface area contributed by atoms with Gasteiger partial charge in [0.25, 0.3) is 11.8 Å². The van der Waals surface area contributed by atoms with Crippen LogP contribution < -0.4 is 5.32 Å². The van der Waals surface area contributed by atoms with Crippen molar-refractivity contribution in [2.24, 2.45) is 0 Å². The van der Waals surface area contributed by atoms with Crippen LogP contribution in [0.2, 0.25) is 0 Å². The molecule has 1 saturated heterocycles. The second-order valence-electron chi connectivity index (χ2n) is 6.20. The van der Waals surface area contributed by atoms with Crippen molar-refractivity contribution in [3.63, 3.8) is 0 Å². The molecule has 0 saturated carbocycles. The van der Waals surface area contributed by atoms with Crippen LogP contribution in [0.3, 0.4) is 0 Å². The number of anilines is 1. The molecule has 0 radical (unpaired) electrons. The molecule has 0 atom stereocenters. The van der Waals surface area contributed by atoms with E-state index in [1.54, 1.807) is 17.0 Å². The zero-order valence-corrected chi connectivity index (χ0v) is 14.0. The minimum atomic E-state index is -0.236. The van der Waals surface area contributed by atoms with Crippen molar-refractivity contribution in [2.45, 2.75) is 26.7 Å². The highest BCUT2D eigenvalue weighted by molar-refractivity contribution is 6.06. The summed E-state index contributed by atoms with van der Waals surface area (Å²) >= 11 is 0. The van der Waals surface area contributed by atoms with Gasteiger partial charge in [-0.05, 0) is 50.5 Å². The molecular weight excluding hydrogens is 302 g/mol. The maximum absolute atomic E-state index is 12.5. The Balaban J connectivity index is 1.77. The fraction of sp³-hybridized carbons (Fsp3) is 0.316. The first-order valence-electron chi connectivity index (χ1n) is 8.18. The molecule has 1 aromatic heterocycles. The predicted octanol–water partition coefficient (Wildman–Crippen LogP) is 3.19. The van der Waals surface area contributed by atoms with E-state index < -0.39 is 0 Å². The minimum Gasteiger partial charge on any atom is -0.337 e. The highest BCUT2D eigenvalue weighted by atomic mass is 16.2. The standard InChI is InChI=1S/C19H21N3O2/c1-13-5-6-16(14(2)11-13)21-18(23)15-7-8-20-17(12-15)19(24)22-9-3-4-10-22/h5-8,11-12H,3-4,9-10H2,1-2H3,(H,21,23). The monoisotopic (exact) mass is 323 g/mol. The molecule has 1 aliphatic heterocycles. The van der Waals surface area contributed by atoms with E-state index in [4.69, 9.17) is 0 Å². The number of nitrogens with zero attached hydrogens (tertiary/aromatic N) is 2. The number of pyridine rings is 1. The molecule has 2 heterocycles. The summed E-state index contributed by atoms with van der Waals surface area (Å²) in [5.74, 6) is -0.339. The van der Waals surface area contributed by atoms with Crippen LogP contribution in [0.4, 0.5) is 5.69 Å². The van der Waals surface area contributed by atoms with Gasteiger partial charge in [0.15, 0.2) is 0 Å². The van der Waals surface area contributed by atoms with E-state index in [0.717, 1.165) is 42.7 Å². The third-order valence-corrected chi connectivity index (χ3v) is 4.26. The summed E-state index contributed by atoms with van der Waals surface area (Å²) in [6.07, 6.45) is 3.57. The second-order valence-corrected chi connectivity index (χ2v) is 6.20. The van der Waals surface area contributed by atoms with Crippen molar-refractivity contribution in [1.82, 2.24) is 9.88 Å². The number of aromatic nitrogens is 1. The minimum absolute atomic E-state index is 0.103. The van der Waals surface area contributed by atoms with E-state index in [1.165, 1.54) is 6.20 Å². The smallest absolute Gasteiger partial charge is 0.272 e. The lowest BCUT2D eigenvalue weighted by Gasteiger charge is -2.15. The first-order chi connectivity index (χ1) is 11.5. The van der Waals surface area contributed by atoms with Crippen LogP contribution in [0.5, 0.6) is 0 Å². The number of rotatable bonds is 3. The summed E-state index contributed by atoms with van der Waals surface area (Å²) in [6, 6.07) is 9.06. The number of likely N-dealkylation sites (tertiary alicyclic amines) is 1. The zero-order valence-electron chi connectivity index (χ0n) is 14.0. The number of nitrogens with one attached hydrogen (secondary N) is 1. The number of aryl methyl sites for hydroxylation is 2. The second kappa shape index (κ2) is 6.83. The fourth-order valence-electron chi connectivity index (χ4n) is 2.92. The maximum Gasteiger partial charge on any atom is 0.272 e. The van der Waals surface area contributed by atoms with E-state index in [0.29, 0.717) is 11.3 Å². The lowest BCUT2D eigenvalue weighted by atomic mass is 10.1. The molecule has 3 rings (SSSR count). The number of carbonyl (C=O) groups excluding carboxylic acids is 2. The van der Waals surface area contributed by atoms with Crippen LogP contribution in [-0.4, -0.2) is 34.8 Å². The Hall–Kier alpha value is -2.69. The normalized spacial score (nSPS) is 13.8. The van der Waals surface area contributed by atoms with Gasteiger partial charge in [-0.2, -0.15) is 0 Å². The summed E-state index contributed by atoms with van der Waals surface area (Å²) in [7, 11) is 0. The quantitative estimate of drug-likeness (QED) is 0.943. The summed E-state index contributed by atoms with van der Waals surface area (Å²) in [5, 5.41) is 2.90. The number of benzene rings is 1. The number of carbonyl (C=O) groups is 2. The molecule has 0 bridgehead atoms. The first kappa shape index (κ1) is 16.2. The van der Waals surface area contributed by atoms with Gasteiger partial charge in [-0.25, -0.2) is 0 Å². The van der Waals surface area contributed by atoms with Gasteiger partial charge in [0.2, 0.25) is 0 Å². The largest absolute Gasteiger partial charge is 0.337 e. The molecular formula is C19H21N3O2. The number of hydrogen-bond acceptors (Lipinski definition) is 3. The molecule has 2 aromatic rings. The Kier molecular flexibility index (Phi) is 4.60. The molecule has 1 aliphatic rings. The first-order valence-corrected chi connectivity index (χ1v) is 8.18. The van der Waals surface area contributed by atoms with Crippen LogP contribution in [-0.2, 0) is 0 Å². The van der Waals surface area contributed by atoms with Crippen molar-refractivity contribution >= 4 is 17.5 Å². The maximum atomic E-state index is 12.5. The third-order valence-electron chi connectivity index (χ3n) is 4.26. The van der Waals surface area contributed by atoms with E-state index >= 15 is 0 Å². The molecule has 124 valence electrons. The Morgan fingerprint density at radius 2 is 1.83 bits per heavy atom. The number of amides is 2. The van der Waals surface area contributed by atoms with Gasteiger partial charge in [0.1, 0.15) is 5.69 Å². The molecule has 24 heavy (non-hydrogen) atoms. The third kappa shape index (κ3) is 3.45. The molecule has 1 aromatic carbocycles. The van der Waals surface area contributed by atoms with E-state index in [1.807, 2.05) is 32.0 Å². The molecule has 1 N–H and O–H groups in total. The SMILES string of the molecule is Cc1ccc(NC(=O)c2ccnc(C(=O)N3CCCC3)c2)c(C)c1. The Bertz CT molecular complexity index is 780. The van der Waals surface area contributed by atoms with Crippen molar-refractivity contribution in [2.75, 3.05) is 18.4 Å². The van der Waals surface area contributed by atoms with Crippen molar-refractivity contribution in [3.05, 3.63) is 58.9 Å². The van der Waals surface area contributed by atoms with Gasteiger partial charge in [0, 0.05) is 30.5 Å². The molecule has 5 nitrogen and oxygen atoms in total. The van der Waals surface area contributed by atoms with Crippen LogP contribution in [0.25, 0.3) is 0 Å². The molecule has 2 amide bonds. The van der Waals surface area contributed by atoms with Crippen LogP contribution in [0, 0.1) is 13.8 Å². The average molecular weight is 323 g/mol. The molecule has 0 aliphatic carbocycles. The fourth-order valence-corrected chi connectivity index (χ4v) is 2.92. The average Bonchev–Trinajstić information content (AvgIpc) is 3.11. The van der Waals surface area contributed by atoms with E-state index in [-0.39, 0.29) is 11.8 Å². The molecule has 0 unspecified atom stereocenters. The topological polar surface area (TPSA) is 62.3 Å². The predicted molar refractivity (Wildman–Crippen MR) is 93.2 cm³/mol.